The molecule has 8 heteroatoms. The second-order valence-corrected chi connectivity index (χ2v) is 10.8. The summed E-state index contributed by atoms with van der Waals surface area (Å²) in [6, 6.07) is 11.1. The van der Waals surface area contributed by atoms with Gasteiger partial charge in [-0.2, -0.15) is 0 Å². The van der Waals surface area contributed by atoms with Crippen molar-refractivity contribution in [1.29, 1.82) is 5.41 Å². The van der Waals surface area contributed by atoms with Gasteiger partial charge in [-0.25, -0.2) is 0 Å². The number of aromatic hydroxyl groups is 1. The highest BCUT2D eigenvalue weighted by atomic mass is 16.5. The summed E-state index contributed by atoms with van der Waals surface area (Å²) in [6.07, 6.45) is 9.27. The Morgan fingerprint density at radius 2 is 1.83 bits per heavy atom. The van der Waals surface area contributed by atoms with E-state index in [0.717, 1.165) is 48.3 Å². The van der Waals surface area contributed by atoms with Gasteiger partial charge >= 0.3 is 0 Å². The van der Waals surface area contributed by atoms with Gasteiger partial charge in [-0.15, -0.1) is 0 Å². The largest absolute Gasteiger partial charge is 0.507 e. The van der Waals surface area contributed by atoms with Crippen molar-refractivity contribution in [3.8, 4) is 23.0 Å². The first-order chi connectivity index (χ1) is 20.4. The molecule has 0 aromatic heterocycles. The molecule has 3 atom stereocenters. The van der Waals surface area contributed by atoms with Crippen molar-refractivity contribution in [3.05, 3.63) is 76.9 Å². The van der Waals surface area contributed by atoms with Crippen molar-refractivity contribution in [1.82, 2.24) is 0 Å². The lowest BCUT2D eigenvalue weighted by Crippen LogP contribution is -2.72. The average molecular weight is 578 g/mol. The van der Waals surface area contributed by atoms with Crippen molar-refractivity contribution in [2.45, 2.75) is 71.5 Å². The van der Waals surface area contributed by atoms with E-state index in [1.165, 1.54) is 6.21 Å². The number of hydrogen-bond donors (Lipinski definition) is 4. The molecule has 42 heavy (non-hydrogen) atoms. The zero-order valence-corrected chi connectivity index (χ0v) is 25.2. The average Bonchev–Trinajstić information content (AvgIpc) is 3.69. The Morgan fingerprint density at radius 1 is 1.10 bits per heavy atom. The fourth-order valence-corrected chi connectivity index (χ4v) is 5.04. The van der Waals surface area contributed by atoms with E-state index in [1.807, 2.05) is 55.8 Å². The molecule has 0 radical (unpaired) electrons. The lowest BCUT2D eigenvalue weighted by atomic mass is 9.91. The molecular weight excluding hydrogens is 532 g/mol. The molecule has 0 aliphatic heterocycles. The number of para-hydroxylation sites is 2. The van der Waals surface area contributed by atoms with Crippen LogP contribution >= 0.6 is 0 Å². The molecule has 8 nitrogen and oxygen atoms in total. The number of nitrogens with two attached hydrogens (primary N) is 1. The third-order valence-electron chi connectivity index (χ3n) is 7.42. The van der Waals surface area contributed by atoms with E-state index in [4.69, 9.17) is 24.4 Å². The molecule has 0 bridgehead atoms. The number of aliphatic hydroxyl groups excluding tert-OH is 1. The molecule has 4 rings (SSSR count). The zero-order valence-electron chi connectivity index (χ0n) is 25.2. The van der Waals surface area contributed by atoms with Crippen LogP contribution in [0.2, 0.25) is 0 Å². The number of phenolic OH excluding ortho intramolecular Hbond substituents is 1. The molecule has 2 aliphatic rings. The SMILES string of the molecule is CCCC1=C(OCCCOc2cc(O)c(C(C=N)=C[NH2+]C)cc2CC)C(C)CC=C1Oc1ccccc1OC1CC1O. The van der Waals surface area contributed by atoms with E-state index in [0.29, 0.717) is 54.4 Å². The van der Waals surface area contributed by atoms with Gasteiger partial charge in [-0.3, -0.25) is 0 Å². The van der Waals surface area contributed by atoms with Crippen LogP contribution in [0.15, 0.2) is 65.8 Å². The molecule has 2 aliphatic carbocycles. The number of ether oxygens (including phenoxy) is 4. The van der Waals surface area contributed by atoms with Crippen molar-refractivity contribution >= 4 is 11.8 Å². The first-order valence-corrected chi connectivity index (χ1v) is 15.1. The van der Waals surface area contributed by atoms with Crippen LogP contribution in [0, 0.1) is 11.3 Å². The number of aliphatic hydroxyl groups is 1. The number of hydrogen-bond acceptors (Lipinski definition) is 7. The van der Waals surface area contributed by atoms with Crippen molar-refractivity contribution < 1.29 is 34.5 Å². The Bertz CT molecular complexity index is 1330. The third-order valence-corrected chi connectivity index (χ3v) is 7.42. The molecule has 2 aromatic rings. The molecule has 0 heterocycles. The smallest absolute Gasteiger partial charge is 0.169 e. The summed E-state index contributed by atoms with van der Waals surface area (Å²) in [5.74, 6) is 4.01. The predicted octanol–water partition coefficient (Wildman–Crippen LogP) is 5.49. The lowest BCUT2D eigenvalue weighted by molar-refractivity contribution is -0.555. The summed E-state index contributed by atoms with van der Waals surface area (Å²) >= 11 is 0. The second kappa shape index (κ2) is 14.9. The van der Waals surface area contributed by atoms with Gasteiger partial charge in [0.05, 0.1) is 31.9 Å². The molecule has 0 spiro atoms. The van der Waals surface area contributed by atoms with Gasteiger partial charge in [0.25, 0.3) is 0 Å². The highest BCUT2D eigenvalue weighted by Crippen LogP contribution is 2.39. The van der Waals surface area contributed by atoms with E-state index < -0.39 is 6.10 Å². The number of benzene rings is 2. The minimum atomic E-state index is -0.409. The Kier molecular flexibility index (Phi) is 11.1. The maximum Gasteiger partial charge on any atom is 0.169 e. The van der Waals surface area contributed by atoms with Gasteiger partial charge in [-0.05, 0) is 49.1 Å². The van der Waals surface area contributed by atoms with Crippen molar-refractivity contribution in [2.75, 3.05) is 20.3 Å². The molecule has 1 fully saturated rings. The number of aryl methyl sites for hydroxylation is 1. The monoisotopic (exact) mass is 577 g/mol. The molecular formula is C34H45N2O6+. The summed E-state index contributed by atoms with van der Waals surface area (Å²) in [7, 11) is 1.89. The van der Waals surface area contributed by atoms with Gasteiger partial charge in [0.2, 0.25) is 0 Å². The highest BCUT2D eigenvalue weighted by molar-refractivity contribution is 6.09. The number of phenols is 1. The van der Waals surface area contributed by atoms with Gasteiger partial charge < -0.3 is 39.9 Å². The number of quaternary nitrogens is 1. The molecule has 3 unspecified atom stereocenters. The lowest BCUT2D eigenvalue weighted by Gasteiger charge is -2.27. The molecule has 1 saturated carbocycles. The maximum atomic E-state index is 10.6. The van der Waals surface area contributed by atoms with Gasteiger partial charge in [0.15, 0.2) is 11.5 Å². The van der Waals surface area contributed by atoms with Crippen LogP contribution in [-0.2, 0) is 11.2 Å². The van der Waals surface area contributed by atoms with E-state index in [1.54, 1.807) is 6.07 Å². The number of nitrogens with one attached hydrogen (secondary N) is 1. The van der Waals surface area contributed by atoms with Crippen LogP contribution in [0.4, 0.5) is 0 Å². The van der Waals surface area contributed by atoms with Crippen molar-refractivity contribution in [3.63, 3.8) is 0 Å². The Hall–Kier alpha value is -3.75. The third kappa shape index (κ3) is 7.75. The highest BCUT2D eigenvalue weighted by Gasteiger charge is 2.38. The first kappa shape index (κ1) is 31.2. The van der Waals surface area contributed by atoms with Crippen LogP contribution in [0.1, 0.15) is 64.0 Å². The van der Waals surface area contributed by atoms with Crippen molar-refractivity contribution in [2.24, 2.45) is 5.92 Å². The first-order valence-electron chi connectivity index (χ1n) is 15.1. The fourth-order valence-electron chi connectivity index (χ4n) is 5.04. The van der Waals surface area contributed by atoms with Gasteiger partial charge in [0, 0.05) is 42.2 Å². The van der Waals surface area contributed by atoms with Crippen LogP contribution in [0.3, 0.4) is 0 Å². The minimum Gasteiger partial charge on any atom is -0.507 e. The predicted molar refractivity (Wildman–Crippen MR) is 164 cm³/mol. The van der Waals surface area contributed by atoms with E-state index in [2.05, 4.69) is 19.9 Å². The quantitative estimate of drug-likeness (QED) is 0.155. The van der Waals surface area contributed by atoms with E-state index in [9.17, 15) is 10.2 Å². The van der Waals surface area contributed by atoms with Crippen LogP contribution in [0.25, 0.3) is 5.57 Å². The van der Waals surface area contributed by atoms with E-state index >= 15 is 0 Å². The van der Waals surface area contributed by atoms with E-state index in [-0.39, 0.29) is 17.8 Å². The second-order valence-electron chi connectivity index (χ2n) is 10.8. The Labute approximate surface area is 249 Å². The summed E-state index contributed by atoms with van der Waals surface area (Å²) in [4.78, 5) is 0. The summed E-state index contributed by atoms with van der Waals surface area (Å²) in [6.45, 7) is 7.31. The Morgan fingerprint density at radius 3 is 2.50 bits per heavy atom. The van der Waals surface area contributed by atoms with Crippen LogP contribution in [0.5, 0.6) is 23.0 Å². The summed E-state index contributed by atoms with van der Waals surface area (Å²) in [5.41, 5.74) is 3.33. The van der Waals surface area contributed by atoms with Gasteiger partial charge in [-0.1, -0.05) is 39.3 Å². The zero-order chi connectivity index (χ0) is 30.1. The van der Waals surface area contributed by atoms with Crippen LogP contribution in [-0.4, -0.2) is 48.9 Å². The minimum absolute atomic E-state index is 0.0973. The van der Waals surface area contributed by atoms with Gasteiger partial charge in [0.1, 0.15) is 35.3 Å². The fraction of sp³-hybridized carbons (Fsp3) is 0.441. The standard InChI is InChI=1S/C34H44N2O6/c1-5-10-25-29(41-30-11-7-8-12-31(30)42-33-19-28(33)38)14-13-22(3)34(25)40-16-9-15-39-32-18-27(37)26(17-23(32)6-2)24(20-35)21-36-4/h7-8,11-12,14,17-18,20-22,28,33,35-38H,5-6,9-10,13,15-16,19H2,1-4H3/p+1. The number of allylic oxidation sites excluding steroid dienone is 4. The summed E-state index contributed by atoms with van der Waals surface area (Å²) in [5, 5.41) is 29.9. The topological polar surface area (TPSA) is 118 Å². The van der Waals surface area contributed by atoms with Crippen LogP contribution < -0.4 is 19.5 Å². The molecule has 0 amide bonds. The number of rotatable bonds is 16. The summed E-state index contributed by atoms with van der Waals surface area (Å²) < 4.78 is 24.8. The molecule has 226 valence electrons. The molecule has 5 N–H and O–H groups in total. The Balaban J connectivity index is 1.40. The normalized spacial score (nSPS) is 20.2. The molecule has 2 aromatic carbocycles. The maximum absolute atomic E-state index is 10.6. The molecule has 0 saturated heterocycles.